The van der Waals surface area contributed by atoms with Crippen molar-refractivity contribution in [1.82, 2.24) is 0 Å². The van der Waals surface area contributed by atoms with Gasteiger partial charge < -0.3 is 4.74 Å². The lowest BCUT2D eigenvalue weighted by molar-refractivity contribution is -0.122. The Balaban J connectivity index is 2.20. The first-order chi connectivity index (χ1) is 7.24. The van der Waals surface area contributed by atoms with Crippen LogP contribution in [0, 0.1) is 11.8 Å². The molecule has 0 saturated heterocycles. The number of carbonyl (C=O) groups is 1. The van der Waals surface area contributed by atoms with Crippen molar-refractivity contribution in [2.24, 2.45) is 11.8 Å². The van der Waals surface area contributed by atoms with Gasteiger partial charge in [0.15, 0.2) is 0 Å². The van der Waals surface area contributed by atoms with E-state index in [0.29, 0.717) is 11.7 Å². The van der Waals surface area contributed by atoms with Gasteiger partial charge in [-0.3, -0.25) is 4.79 Å². The maximum absolute atomic E-state index is 11.6. The molecule has 2 unspecified atom stereocenters. The first-order valence-corrected chi connectivity index (χ1v) is 5.97. The molecule has 15 heavy (non-hydrogen) atoms. The fourth-order valence-corrected chi connectivity index (χ4v) is 3.18. The molecule has 2 heteroatoms. The number of carbonyl (C=O) groups excluding carboxylic acids is 1. The molecule has 3 atom stereocenters. The summed E-state index contributed by atoms with van der Waals surface area (Å²) in [4.78, 5) is 11.6. The third-order valence-corrected chi connectivity index (χ3v) is 3.93. The van der Waals surface area contributed by atoms with E-state index in [0.717, 1.165) is 19.3 Å². The van der Waals surface area contributed by atoms with E-state index in [2.05, 4.69) is 6.08 Å². The number of hydrogen-bond donors (Lipinski definition) is 0. The summed E-state index contributed by atoms with van der Waals surface area (Å²) in [6.07, 6.45) is 8.20. The van der Waals surface area contributed by atoms with Crippen molar-refractivity contribution in [3.63, 3.8) is 0 Å². The Morgan fingerprint density at radius 1 is 1.40 bits per heavy atom. The molecule has 0 aromatic heterocycles. The van der Waals surface area contributed by atoms with Crippen LogP contribution in [0.3, 0.4) is 0 Å². The van der Waals surface area contributed by atoms with E-state index in [1.807, 2.05) is 0 Å². The van der Waals surface area contributed by atoms with Gasteiger partial charge >= 0.3 is 0 Å². The zero-order chi connectivity index (χ0) is 10.8. The molecule has 0 aromatic carbocycles. The van der Waals surface area contributed by atoms with E-state index in [1.165, 1.54) is 18.4 Å². The molecule has 0 amide bonds. The highest BCUT2D eigenvalue weighted by molar-refractivity contribution is 5.79. The second-order valence-electron chi connectivity index (χ2n) is 4.76. The first kappa shape index (κ1) is 10.9. The Kier molecular flexibility index (Phi) is 3.25. The minimum Gasteiger partial charge on any atom is -0.377 e. The summed E-state index contributed by atoms with van der Waals surface area (Å²) in [5.74, 6) is 1.11. The van der Waals surface area contributed by atoms with Crippen LogP contribution in [0.4, 0.5) is 0 Å². The lowest BCUT2D eigenvalue weighted by Crippen LogP contribution is -2.35. The van der Waals surface area contributed by atoms with Crippen LogP contribution in [0.25, 0.3) is 0 Å². The standard InChI is InChI=1S/C13H20O2/c1-9(14)10-5-3-7-12-11(10)6-4-8-13(12)15-2/h7,10-11,13H,3-6,8H2,1-2H3/t10-,11?,13?/m1/s1. The molecule has 0 aromatic rings. The fraction of sp³-hybridized carbons (Fsp3) is 0.769. The number of Topliss-reactive ketones (excluding diaryl/α,β-unsaturated/α-hetero) is 1. The first-order valence-electron chi connectivity index (χ1n) is 5.97. The highest BCUT2D eigenvalue weighted by Crippen LogP contribution is 2.41. The number of ketones is 1. The van der Waals surface area contributed by atoms with Crippen LogP contribution in [0.15, 0.2) is 11.6 Å². The van der Waals surface area contributed by atoms with Gasteiger partial charge in [-0.05, 0) is 50.5 Å². The van der Waals surface area contributed by atoms with Gasteiger partial charge in [0.2, 0.25) is 0 Å². The lowest BCUT2D eigenvalue weighted by Gasteiger charge is -2.38. The van der Waals surface area contributed by atoms with Crippen molar-refractivity contribution in [3.05, 3.63) is 11.6 Å². The predicted molar refractivity (Wildman–Crippen MR) is 59.6 cm³/mol. The van der Waals surface area contributed by atoms with Crippen LogP contribution in [0.1, 0.15) is 39.0 Å². The highest BCUT2D eigenvalue weighted by Gasteiger charge is 2.36. The van der Waals surface area contributed by atoms with E-state index < -0.39 is 0 Å². The minimum atomic E-state index is 0.267. The number of hydrogen-bond acceptors (Lipinski definition) is 2. The molecular weight excluding hydrogens is 188 g/mol. The molecule has 0 aliphatic heterocycles. The Hall–Kier alpha value is -0.630. The van der Waals surface area contributed by atoms with Crippen LogP contribution in [0.2, 0.25) is 0 Å². The number of ether oxygens (including phenoxy) is 1. The second-order valence-corrected chi connectivity index (χ2v) is 4.76. The van der Waals surface area contributed by atoms with Crippen molar-refractivity contribution in [2.75, 3.05) is 7.11 Å². The maximum atomic E-state index is 11.6. The van der Waals surface area contributed by atoms with Crippen LogP contribution in [0.5, 0.6) is 0 Å². The smallest absolute Gasteiger partial charge is 0.133 e. The molecule has 2 nitrogen and oxygen atoms in total. The molecule has 0 spiro atoms. The van der Waals surface area contributed by atoms with Crippen molar-refractivity contribution >= 4 is 5.78 Å². The molecule has 84 valence electrons. The molecule has 2 aliphatic carbocycles. The van der Waals surface area contributed by atoms with Crippen molar-refractivity contribution in [3.8, 4) is 0 Å². The predicted octanol–water partition coefficient (Wildman–Crippen LogP) is 2.73. The van der Waals surface area contributed by atoms with Gasteiger partial charge in [0.25, 0.3) is 0 Å². The summed E-state index contributed by atoms with van der Waals surface area (Å²) in [5.41, 5.74) is 1.41. The monoisotopic (exact) mass is 208 g/mol. The quantitative estimate of drug-likeness (QED) is 0.652. The molecule has 0 bridgehead atoms. The SMILES string of the molecule is COC1CCCC2C1=CCC[C@@H]2C(C)=O. The summed E-state index contributed by atoms with van der Waals surface area (Å²) in [6, 6.07) is 0. The van der Waals surface area contributed by atoms with Crippen molar-refractivity contribution in [2.45, 2.75) is 45.1 Å². The van der Waals surface area contributed by atoms with Gasteiger partial charge in [0, 0.05) is 13.0 Å². The summed E-state index contributed by atoms with van der Waals surface area (Å²) in [5, 5.41) is 0. The Morgan fingerprint density at radius 2 is 2.20 bits per heavy atom. The van der Waals surface area contributed by atoms with Crippen LogP contribution in [-0.4, -0.2) is 19.0 Å². The average Bonchev–Trinajstić information content (AvgIpc) is 2.27. The van der Waals surface area contributed by atoms with Gasteiger partial charge in [-0.1, -0.05) is 6.08 Å². The zero-order valence-corrected chi connectivity index (χ0v) is 9.66. The van der Waals surface area contributed by atoms with E-state index >= 15 is 0 Å². The molecule has 0 N–H and O–H groups in total. The summed E-state index contributed by atoms with van der Waals surface area (Å²) >= 11 is 0. The van der Waals surface area contributed by atoms with Gasteiger partial charge in [0.05, 0.1) is 6.10 Å². The van der Waals surface area contributed by atoms with Crippen LogP contribution in [-0.2, 0) is 9.53 Å². The minimum absolute atomic E-state index is 0.267. The Morgan fingerprint density at radius 3 is 2.87 bits per heavy atom. The number of methoxy groups -OCH3 is 1. The van der Waals surface area contributed by atoms with E-state index in [1.54, 1.807) is 14.0 Å². The molecule has 2 aliphatic rings. The average molecular weight is 208 g/mol. The summed E-state index contributed by atoms with van der Waals surface area (Å²) in [6.45, 7) is 1.74. The fourth-order valence-electron chi connectivity index (χ4n) is 3.18. The molecule has 1 saturated carbocycles. The molecule has 1 fully saturated rings. The zero-order valence-electron chi connectivity index (χ0n) is 9.66. The molecule has 0 heterocycles. The Bertz CT molecular complexity index is 280. The highest BCUT2D eigenvalue weighted by atomic mass is 16.5. The Labute approximate surface area is 91.7 Å². The molecule has 2 rings (SSSR count). The number of fused-ring (bicyclic) bond motifs is 1. The van der Waals surface area contributed by atoms with Gasteiger partial charge in [-0.25, -0.2) is 0 Å². The third kappa shape index (κ3) is 2.00. The van der Waals surface area contributed by atoms with Crippen LogP contribution < -0.4 is 0 Å². The lowest BCUT2D eigenvalue weighted by atomic mass is 9.69. The van der Waals surface area contributed by atoms with Gasteiger partial charge in [-0.2, -0.15) is 0 Å². The van der Waals surface area contributed by atoms with Gasteiger partial charge in [0.1, 0.15) is 5.78 Å². The van der Waals surface area contributed by atoms with E-state index in [9.17, 15) is 4.79 Å². The molecular formula is C13H20O2. The van der Waals surface area contributed by atoms with Crippen molar-refractivity contribution in [1.29, 1.82) is 0 Å². The third-order valence-electron chi connectivity index (χ3n) is 3.93. The topological polar surface area (TPSA) is 26.3 Å². The van der Waals surface area contributed by atoms with E-state index in [4.69, 9.17) is 4.74 Å². The maximum Gasteiger partial charge on any atom is 0.133 e. The van der Waals surface area contributed by atoms with Crippen molar-refractivity contribution < 1.29 is 9.53 Å². The second kappa shape index (κ2) is 4.48. The molecule has 0 radical (unpaired) electrons. The normalized spacial score (nSPS) is 35.6. The summed E-state index contributed by atoms with van der Waals surface area (Å²) < 4.78 is 5.51. The van der Waals surface area contributed by atoms with E-state index in [-0.39, 0.29) is 12.0 Å². The number of allylic oxidation sites excluding steroid dienone is 1. The van der Waals surface area contributed by atoms with Crippen LogP contribution >= 0.6 is 0 Å². The number of rotatable bonds is 2. The summed E-state index contributed by atoms with van der Waals surface area (Å²) in [7, 11) is 1.78. The largest absolute Gasteiger partial charge is 0.377 e. The van der Waals surface area contributed by atoms with Gasteiger partial charge in [-0.15, -0.1) is 0 Å².